The summed E-state index contributed by atoms with van der Waals surface area (Å²) in [5.41, 5.74) is 1.71. The van der Waals surface area contributed by atoms with Crippen LogP contribution in [0.25, 0.3) is 0 Å². The normalized spacial score (nSPS) is 11.3. The maximum atomic E-state index is 13.5. The number of ether oxygens (including phenoxy) is 1. The van der Waals surface area contributed by atoms with Gasteiger partial charge in [0, 0.05) is 12.1 Å². The fourth-order valence-electron chi connectivity index (χ4n) is 1.59. The molecule has 0 amide bonds. The highest BCUT2D eigenvalue weighted by molar-refractivity contribution is 5.24. The van der Waals surface area contributed by atoms with Gasteiger partial charge in [-0.3, -0.25) is 0 Å². The predicted molar refractivity (Wildman–Crippen MR) is 72.9 cm³/mol. The zero-order valence-corrected chi connectivity index (χ0v) is 11.2. The molecule has 0 atom stereocenters. The monoisotopic (exact) mass is 251 g/mol. The molecule has 0 saturated carbocycles. The van der Waals surface area contributed by atoms with Crippen molar-refractivity contribution in [1.82, 2.24) is 5.32 Å². The molecule has 0 unspecified atom stereocenters. The second-order valence-corrected chi connectivity index (χ2v) is 4.19. The maximum absolute atomic E-state index is 13.5. The van der Waals surface area contributed by atoms with Gasteiger partial charge in [-0.15, -0.1) is 0 Å². The number of hydrogen-bond donors (Lipinski definition) is 1. The summed E-state index contributed by atoms with van der Waals surface area (Å²) < 4.78 is 18.9. The maximum Gasteiger partial charge on any atom is 0.128 e. The third kappa shape index (κ3) is 5.43. The number of hydrogen-bond acceptors (Lipinski definition) is 2. The Balaban J connectivity index is 2.51. The van der Waals surface area contributed by atoms with Gasteiger partial charge >= 0.3 is 0 Å². The standard InChI is InChI=1S/C15H22FNO/c1-3-5-9-18-12-14-10-13(6-7-15(14)16)11-17-8-4-2/h3,5-7,10,17H,4,8-9,11-12H2,1-2H3/b5-3+. The lowest BCUT2D eigenvalue weighted by Gasteiger charge is -2.08. The van der Waals surface area contributed by atoms with Gasteiger partial charge in [-0.05, 0) is 37.6 Å². The number of allylic oxidation sites excluding steroid dienone is 1. The fraction of sp³-hybridized carbons (Fsp3) is 0.467. The highest BCUT2D eigenvalue weighted by Gasteiger charge is 2.03. The molecule has 18 heavy (non-hydrogen) atoms. The van der Waals surface area contributed by atoms with E-state index >= 15 is 0 Å². The summed E-state index contributed by atoms with van der Waals surface area (Å²) in [6.45, 7) is 6.65. The Morgan fingerprint density at radius 2 is 2.22 bits per heavy atom. The van der Waals surface area contributed by atoms with Crippen LogP contribution in [0, 0.1) is 5.82 Å². The molecule has 1 aromatic rings. The van der Waals surface area contributed by atoms with E-state index in [1.54, 1.807) is 0 Å². The summed E-state index contributed by atoms with van der Waals surface area (Å²) in [5, 5.41) is 3.30. The molecule has 0 spiro atoms. The summed E-state index contributed by atoms with van der Waals surface area (Å²) in [4.78, 5) is 0. The van der Waals surface area contributed by atoms with Crippen LogP contribution in [0.15, 0.2) is 30.4 Å². The minimum Gasteiger partial charge on any atom is -0.373 e. The Bertz CT molecular complexity index is 377. The third-order valence-electron chi connectivity index (χ3n) is 2.57. The molecule has 0 heterocycles. The largest absolute Gasteiger partial charge is 0.373 e. The zero-order valence-electron chi connectivity index (χ0n) is 11.2. The molecule has 3 heteroatoms. The summed E-state index contributed by atoms with van der Waals surface area (Å²) in [5.74, 6) is -0.199. The lowest BCUT2D eigenvalue weighted by Crippen LogP contribution is -2.14. The van der Waals surface area contributed by atoms with Crippen molar-refractivity contribution in [1.29, 1.82) is 0 Å². The quantitative estimate of drug-likeness (QED) is 0.564. The van der Waals surface area contributed by atoms with E-state index in [9.17, 15) is 4.39 Å². The van der Waals surface area contributed by atoms with E-state index in [-0.39, 0.29) is 5.82 Å². The van der Waals surface area contributed by atoms with Gasteiger partial charge < -0.3 is 10.1 Å². The van der Waals surface area contributed by atoms with Gasteiger partial charge in [0.2, 0.25) is 0 Å². The molecule has 1 rings (SSSR count). The van der Waals surface area contributed by atoms with Gasteiger partial charge in [-0.2, -0.15) is 0 Å². The second-order valence-electron chi connectivity index (χ2n) is 4.19. The number of halogens is 1. The van der Waals surface area contributed by atoms with Crippen LogP contribution in [0.2, 0.25) is 0 Å². The molecule has 0 radical (unpaired) electrons. The number of benzene rings is 1. The van der Waals surface area contributed by atoms with E-state index in [2.05, 4.69) is 12.2 Å². The average Bonchev–Trinajstić information content (AvgIpc) is 2.38. The van der Waals surface area contributed by atoms with E-state index in [1.807, 2.05) is 31.2 Å². The Hall–Kier alpha value is -1.19. The van der Waals surface area contributed by atoms with Crippen LogP contribution in [0.1, 0.15) is 31.4 Å². The van der Waals surface area contributed by atoms with E-state index in [0.717, 1.165) is 25.1 Å². The van der Waals surface area contributed by atoms with E-state index in [0.29, 0.717) is 18.8 Å². The lowest BCUT2D eigenvalue weighted by molar-refractivity contribution is 0.145. The molecule has 2 nitrogen and oxygen atoms in total. The molecule has 0 aromatic heterocycles. The summed E-state index contributed by atoms with van der Waals surface area (Å²) in [7, 11) is 0. The van der Waals surface area contributed by atoms with Gasteiger partial charge in [0.05, 0.1) is 13.2 Å². The Labute approximate surface area is 109 Å². The van der Waals surface area contributed by atoms with Crippen molar-refractivity contribution in [3.8, 4) is 0 Å². The minimum atomic E-state index is -0.199. The van der Waals surface area contributed by atoms with Gasteiger partial charge in [0.25, 0.3) is 0 Å². The van der Waals surface area contributed by atoms with E-state index < -0.39 is 0 Å². The van der Waals surface area contributed by atoms with Crippen molar-refractivity contribution < 1.29 is 9.13 Å². The molecule has 0 fully saturated rings. The van der Waals surface area contributed by atoms with Crippen LogP contribution in [-0.4, -0.2) is 13.2 Å². The SMILES string of the molecule is C/C=C/COCc1cc(CNCCC)ccc1F. The highest BCUT2D eigenvalue weighted by atomic mass is 19.1. The summed E-state index contributed by atoms with van der Waals surface area (Å²) >= 11 is 0. The molecule has 1 N–H and O–H groups in total. The number of rotatable bonds is 8. The fourth-order valence-corrected chi connectivity index (χ4v) is 1.59. The third-order valence-corrected chi connectivity index (χ3v) is 2.57. The molecule has 1 aromatic carbocycles. The molecule has 0 aliphatic carbocycles. The molecule has 0 bridgehead atoms. The molecule has 0 aliphatic heterocycles. The first-order valence-corrected chi connectivity index (χ1v) is 6.44. The Morgan fingerprint density at radius 3 is 2.94 bits per heavy atom. The van der Waals surface area contributed by atoms with Crippen LogP contribution in [-0.2, 0) is 17.9 Å². The second kappa shape index (κ2) is 8.84. The first-order valence-electron chi connectivity index (χ1n) is 6.44. The van der Waals surface area contributed by atoms with Crippen molar-refractivity contribution >= 4 is 0 Å². The highest BCUT2D eigenvalue weighted by Crippen LogP contribution is 2.12. The van der Waals surface area contributed by atoms with Gasteiger partial charge in [-0.25, -0.2) is 4.39 Å². The van der Waals surface area contributed by atoms with E-state index in [4.69, 9.17) is 4.74 Å². The Morgan fingerprint density at radius 1 is 1.39 bits per heavy atom. The van der Waals surface area contributed by atoms with Crippen molar-refractivity contribution in [2.24, 2.45) is 0 Å². The first kappa shape index (κ1) is 14.9. The van der Waals surface area contributed by atoms with Gasteiger partial charge in [-0.1, -0.05) is 25.1 Å². The summed E-state index contributed by atoms with van der Waals surface area (Å²) in [6.07, 6.45) is 4.92. The van der Waals surface area contributed by atoms with Crippen molar-refractivity contribution in [3.05, 3.63) is 47.3 Å². The molecular formula is C15H22FNO. The van der Waals surface area contributed by atoms with Gasteiger partial charge in [0.1, 0.15) is 5.82 Å². The first-order chi connectivity index (χ1) is 8.77. The summed E-state index contributed by atoms with van der Waals surface area (Å²) in [6, 6.07) is 5.19. The topological polar surface area (TPSA) is 21.3 Å². The molecular weight excluding hydrogens is 229 g/mol. The van der Waals surface area contributed by atoms with Crippen LogP contribution < -0.4 is 5.32 Å². The van der Waals surface area contributed by atoms with Crippen molar-refractivity contribution in [3.63, 3.8) is 0 Å². The van der Waals surface area contributed by atoms with Crippen LogP contribution >= 0.6 is 0 Å². The zero-order chi connectivity index (χ0) is 13.2. The predicted octanol–water partition coefficient (Wildman–Crippen LogP) is 3.42. The van der Waals surface area contributed by atoms with Crippen LogP contribution in [0.4, 0.5) is 4.39 Å². The van der Waals surface area contributed by atoms with Crippen LogP contribution in [0.3, 0.4) is 0 Å². The Kier molecular flexibility index (Phi) is 7.30. The molecule has 0 saturated heterocycles. The number of nitrogens with one attached hydrogen (secondary N) is 1. The van der Waals surface area contributed by atoms with Crippen molar-refractivity contribution in [2.45, 2.75) is 33.4 Å². The molecule has 0 aliphatic rings. The molecule has 100 valence electrons. The van der Waals surface area contributed by atoms with Gasteiger partial charge in [0.15, 0.2) is 0 Å². The van der Waals surface area contributed by atoms with Crippen molar-refractivity contribution in [2.75, 3.05) is 13.2 Å². The van der Waals surface area contributed by atoms with E-state index in [1.165, 1.54) is 6.07 Å². The average molecular weight is 251 g/mol. The van der Waals surface area contributed by atoms with Crippen LogP contribution in [0.5, 0.6) is 0 Å². The smallest absolute Gasteiger partial charge is 0.128 e. The minimum absolute atomic E-state index is 0.199. The lowest BCUT2D eigenvalue weighted by atomic mass is 10.1.